The summed E-state index contributed by atoms with van der Waals surface area (Å²) < 4.78 is 9.99. The summed E-state index contributed by atoms with van der Waals surface area (Å²) in [5.41, 5.74) is 2.69. The molecule has 130 valence electrons. The molecule has 0 unspecified atom stereocenters. The largest absolute Gasteiger partial charge is 0.497 e. The van der Waals surface area contributed by atoms with Crippen LogP contribution in [-0.2, 0) is 20.7 Å². The van der Waals surface area contributed by atoms with Gasteiger partial charge in [-0.25, -0.2) is 4.79 Å². The minimum atomic E-state index is -0.577. The molecule has 0 bridgehead atoms. The fourth-order valence-electron chi connectivity index (χ4n) is 2.08. The van der Waals surface area contributed by atoms with E-state index < -0.39 is 5.97 Å². The van der Waals surface area contributed by atoms with Gasteiger partial charge >= 0.3 is 5.97 Å². The molecule has 1 amide bonds. The standard InChI is InChI=1S/C20H21NO4/c1-3-15-4-9-17(10-5-15)21-19(22)14-25-20(23)13-8-16-6-11-18(24-2)12-7-16/h4-13H,3,14H2,1-2H3,(H,21,22)/b13-8+. The SMILES string of the molecule is CCc1ccc(NC(=O)COC(=O)/C=C/c2ccc(OC)cc2)cc1. The molecule has 0 heterocycles. The monoisotopic (exact) mass is 339 g/mol. The highest BCUT2D eigenvalue weighted by Crippen LogP contribution is 2.12. The second kappa shape index (κ2) is 9.27. The topological polar surface area (TPSA) is 64.6 Å². The molecule has 2 aromatic rings. The van der Waals surface area contributed by atoms with Crippen molar-refractivity contribution in [2.45, 2.75) is 13.3 Å². The van der Waals surface area contributed by atoms with Crippen LogP contribution in [0.25, 0.3) is 6.08 Å². The Morgan fingerprint density at radius 3 is 2.32 bits per heavy atom. The summed E-state index contributed by atoms with van der Waals surface area (Å²) in [5.74, 6) is -0.217. The summed E-state index contributed by atoms with van der Waals surface area (Å²) in [7, 11) is 1.59. The molecule has 0 fully saturated rings. The Labute approximate surface area is 147 Å². The predicted molar refractivity (Wildman–Crippen MR) is 97.4 cm³/mol. The fourth-order valence-corrected chi connectivity index (χ4v) is 2.08. The minimum absolute atomic E-state index is 0.332. The van der Waals surface area contributed by atoms with Crippen LogP contribution in [0.4, 0.5) is 5.69 Å². The van der Waals surface area contributed by atoms with E-state index in [2.05, 4.69) is 12.2 Å². The van der Waals surface area contributed by atoms with E-state index in [1.54, 1.807) is 25.3 Å². The fraction of sp³-hybridized carbons (Fsp3) is 0.200. The Balaban J connectivity index is 1.77. The highest BCUT2D eigenvalue weighted by Gasteiger charge is 2.05. The van der Waals surface area contributed by atoms with Gasteiger partial charge in [-0.15, -0.1) is 0 Å². The van der Waals surface area contributed by atoms with Crippen molar-refractivity contribution in [1.29, 1.82) is 0 Å². The number of anilines is 1. The van der Waals surface area contributed by atoms with Gasteiger partial charge in [0.25, 0.3) is 5.91 Å². The number of amides is 1. The lowest BCUT2D eigenvalue weighted by Gasteiger charge is -2.06. The first-order valence-corrected chi connectivity index (χ1v) is 7.98. The van der Waals surface area contributed by atoms with Crippen molar-refractivity contribution >= 4 is 23.6 Å². The van der Waals surface area contributed by atoms with Gasteiger partial charge < -0.3 is 14.8 Å². The Morgan fingerprint density at radius 1 is 1.04 bits per heavy atom. The minimum Gasteiger partial charge on any atom is -0.497 e. The Bertz CT molecular complexity index is 733. The average molecular weight is 339 g/mol. The number of rotatable bonds is 7. The van der Waals surface area contributed by atoms with Gasteiger partial charge in [0.05, 0.1) is 7.11 Å². The molecule has 0 radical (unpaired) electrons. The summed E-state index contributed by atoms with van der Waals surface area (Å²) in [6, 6.07) is 14.7. The van der Waals surface area contributed by atoms with E-state index in [9.17, 15) is 9.59 Å². The Morgan fingerprint density at radius 2 is 1.72 bits per heavy atom. The van der Waals surface area contributed by atoms with Gasteiger partial charge in [0.1, 0.15) is 5.75 Å². The molecule has 0 saturated heterocycles. The van der Waals surface area contributed by atoms with Crippen molar-refractivity contribution in [3.05, 3.63) is 65.7 Å². The second-order valence-electron chi connectivity index (χ2n) is 5.31. The lowest BCUT2D eigenvalue weighted by atomic mass is 10.1. The van der Waals surface area contributed by atoms with Gasteiger partial charge in [0.15, 0.2) is 6.61 Å². The van der Waals surface area contributed by atoms with Crippen LogP contribution in [0, 0.1) is 0 Å². The molecule has 2 aromatic carbocycles. The van der Waals surface area contributed by atoms with Crippen molar-refractivity contribution in [2.75, 3.05) is 19.0 Å². The quantitative estimate of drug-likeness (QED) is 0.620. The number of aryl methyl sites for hydroxylation is 1. The first kappa shape index (κ1) is 18.3. The number of ether oxygens (including phenoxy) is 2. The van der Waals surface area contributed by atoms with E-state index in [1.807, 2.05) is 36.4 Å². The third-order valence-electron chi connectivity index (χ3n) is 3.52. The summed E-state index contributed by atoms with van der Waals surface area (Å²) in [5, 5.41) is 2.68. The number of carbonyl (C=O) groups is 2. The lowest BCUT2D eigenvalue weighted by molar-refractivity contribution is -0.142. The second-order valence-corrected chi connectivity index (χ2v) is 5.31. The van der Waals surface area contributed by atoms with E-state index >= 15 is 0 Å². The van der Waals surface area contributed by atoms with Crippen molar-refractivity contribution in [1.82, 2.24) is 0 Å². The lowest BCUT2D eigenvalue weighted by Crippen LogP contribution is -2.20. The average Bonchev–Trinajstić information content (AvgIpc) is 2.65. The molecule has 0 saturated carbocycles. The molecular formula is C20H21NO4. The van der Waals surface area contributed by atoms with Gasteiger partial charge in [-0.05, 0) is 47.9 Å². The first-order chi connectivity index (χ1) is 12.1. The third-order valence-corrected chi connectivity index (χ3v) is 3.52. The van der Waals surface area contributed by atoms with Crippen molar-refractivity contribution < 1.29 is 19.1 Å². The molecule has 0 aromatic heterocycles. The highest BCUT2D eigenvalue weighted by molar-refractivity contribution is 5.94. The Kier molecular flexibility index (Phi) is 6.77. The molecule has 0 spiro atoms. The highest BCUT2D eigenvalue weighted by atomic mass is 16.5. The maximum atomic E-state index is 11.8. The molecule has 2 rings (SSSR count). The van der Waals surface area contributed by atoms with Gasteiger partial charge in [-0.1, -0.05) is 31.2 Å². The Hall–Kier alpha value is -3.08. The maximum Gasteiger partial charge on any atom is 0.331 e. The van der Waals surface area contributed by atoms with Crippen LogP contribution >= 0.6 is 0 Å². The molecule has 5 nitrogen and oxygen atoms in total. The predicted octanol–water partition coefficient (Wildman–Crippen LogP) is 3.45. The van der Waals surface area contributed by atoms with Crippen LogP contribution < -0.4 is 10.1 Å². The molecule has 0 aliphatic carbocycles. The molecule has 0 atom stereocenters. The van der Waals surface area contributed by atoms with Crippen LogP contribution in [0.2, 0.25) is 0 Å². The summed E-state index contributed by atoms with van der Waals surface area (Å²) in [6.07, 6.45) is 3.83. The third kappa shape index (κ3) is 6.14. The molecule has 5 heteroatoms. The van der Waals surface area contributed by atoms with E-state index in [0.717, 1.165) is 17.7 Å². The van der Waals surface area contributed by atoms with Gasteiger partial charge in [0.2, 0.25) is 0 Å². The molecule has 1 N–H and O–H groups in total. The van der Waals surface area contributed by atoms with Gasteiger partial charge in [-0.2, -0.15) is 0 Å². The summed E-state index contributed by atoms with van der Waals surface area (Å²) >= 11 is 0. The maximum absolute atomic E-state index is 11.8. The van der Waals surface area contributed by atoms with Crippen LogP contribution in [-0.4, -0.2) is 25.6 Å². The molecule has 25 heavy (non-hydrogen) atoms. The molecule has 0 aliphatic heterocycles. The van der Waals surface area contributed by atoms with Crippen LogP contribution in [0.1, 0.15) is 18.1 Å². The number of methoxy groups -OCH3 is 1. The van der Waals surface area contributed by atoms with Crippen molar-refractivity contribution in [2.24, 2.45) is 0 Å². The molecular weight excluding hydrogens is 318 g/mol. The van der Waals surface area contributed by atoms with E-state index in [-0.39, 0.29) is 12.5 Å². The van der Waals surface area contributed by atoms with E-state index in [4.69, 9.17) is 9.47 Å². The normalized spacial score (nSPS) is 10.5. The van der Waals surface area contributed by atoms with Crippen LogP contribution in [0.5, 0.6) is 5.75 Å². The van der Waals surface area contributed by atoms with Gasteiger partial charge in [-0.3, -0.25) is 4.79 Å². The first-order valence-electron chi connectivity index (χ1n) is 7.98. The number of hydrogen-bond donors (Lipinski definition) is 1. The smallest absolute Gasteiger partial charge is 0.331 e. The number of esters is 1. The summed E-state index contributed by atoms with van der Waals surface area (Å²) in [4.78, 5) is 23.5. The zero-order chi connectivity index (χ0) is 18.1. The van der Waals surface area contributed by atoms with E-state index in [0.29, 0.717) is 5.69 Å². The van der Waals surface area contributed by atoms with E-state index in [1.165, 1.54) is 11.6 Å². The zero-order valence-corrected chi connectivity index (χ0v) is 14.3. The van der Waals surface area contributed by atoms with Crippen LogP contribution in [0.15, 0.2) is 54.6 Å². The number of benzene rings is 2. The number of carbonyl (C=O) groups excluding carboxylic acids is 2. The number of nitrogens with one attached hydrogen (secondary N) is 1. The van der Waals surface area contributed by atoms with Crippen molar-refractivity contribution in [3.63, 3.8) is 0 Å². The summed E-state index contributed by atoms with van der Waals surface area (Å²) in [6.45, 7) is 1.73. The van der Waals surface area contributed by atoms with Gasteiger partial charge in [0, 0.05) is 11.8 Å². The zero-order valence-electron chi connectivity index (χ0n) is 14.3. The number of hydrogen-bond acceptors (Lipinski definition) is 4. The van der Waals surface area contributed by atoms with Crippen molar-refractivity contribution in [3.8, 4) is 5.75 Å². The molecule has 0 aliphatic rings. The van der Waals surface area contributed by atoms with Crippen LogP contribution in [0.3, 0.4) is 0 Å².